The van der Waals surface area contributed by atoms with E-state index in [4.69, 9.17) is 0 Å². The maximum atomic E-state index is 12.1. The van der Waals surface area contributed by atoms with E-state index in [9.17, 15) is 14.9 Å². The molecule has 0 aliphatic heterocycles. The summed E-state index contributed by atoms with van der Waals surface area (Å²) >= 11 is 0. The van der Waals surface area contributed by atoms with Crippen LogP contribution in [0, 0.1) is 10.1 Å². The number of carbonyl (C=O) groups is 1. The Morgan fingerprint density at radius 3 is 2.52 bits per heavy atom. The number of pyridine rings is 1. The van der Waals surface area contributed by atoms with Crippen LogP contribution in [0.5, 0.6) is 0 Å². The predicted octanol–water partition coefficient (Wildman–Crippen LogP) is 2.31. The number of rotatable bonds is 4. The normalized spacial score (nSPS) is 10.0. The van der Waals surface area contributed by atoms with Crippen molar-refractivity contribution in [2.24, 2.45) is 0 Å². The molecule has 0 aliphatic carbocycles. The van der Waals surface area contributed by atoms with E-state index in [-0.39, 0.29) is 11.3 Å². The lowest BCUT2D eigenvalue weighted by Gasteiger charge is -2.11. The standard InChI is InChI=1S/C14H14N4O3/c1-17(2)13-8-7-10(9-15-13)16-14(19)11-5-3-4-6-12(11)18(20)21/h3-9H,1-2H3,(H,16,19). The highest BCUT2D eigenvalue weighted by molar-refractivity contribution is 6.06. The number of para-hydroxylation sites is 1. The van der Waals surface area contributed by atoms with Gasteiger partial charge in [0.1, 0.15) is 11.4 Å². The van der Waals surface area contributed by atoms with Gasteiger partial charge in [0.2, 0.25) is 0 Å². The highest BCUT2D eigenvalue weighted by atomic mass is 16.6. The quantitative estimate of drug-likeness (QED) is 0.688. The van der Waals surface area contributed by atoms with E-state index in [1.54, 1.807) is 18.2 Å². The summed E-state index contributed by atoms with van der Waals surface area (Å²) in [4.78, 5) is 28.4. The number of carbonyl (C=O) groups excluding carboxylic acids is 1. The third kappa shape index (κ3) is 3.33. The minimum atomic E-state index is -0.581. The van der Waals surface area contributed by atoms with Crippen molar-refractivity contribution in [2.45, 2.75) is 0 Å². The Balaban J connectivity index is 2.20. The molecule has 1 N–H and O–H groups in total. The Morgan fingerprint density at radius 1 is 1.24 bits per heavy atom. The number of hydrogen-bond donors (Lipinski definition) is 1. The fourth-order valence-electron chi connectivity index (χ4n) is 1.75. The monoisotopic (exact) mass is 286 g/mol. The second kappa shape index (κ2) is 6.00. The van der Waals surface area contributed by atoms with Crippen molar-refractivity contribution in [3.8, 4) is 0 Å². The summed E-state index contributed by atoms with van der Waals surface area (Å²) in [7, 11) is 3.71. The highest BCUT2D eigenvalue weighted by Crippen LogP contribution is 2.19. The predicted molar refractivity (Wildman–Crippen MR) is 79.6 cm³/mol. The summed E-state index contributed by atoms with van der Waals surface area (Å²) in [6.45, 7) is 0. The fraction of sp³-hybridized carbons (Fsp3) is 0.143. The summed E-state index contributed by atoms with van der Waals surface area (Å²) in [5, 5.41) is 13.5. The molecule has 1 amide bonds. The van der Waals surface area contributed by atoms with Crippen LogP contribution < -0.4 is 10.2 Å². The Labute approximate surface area is 121 Å². The minimum Gasteiger partial charge on any atom is -0.363 e. The highest BCUT2D eigenvalue weighted by Gasteiger charge is 2.19. The fourth-order valence-corrected chi connectivity index (χ4v) is 1.75. The van der Waals surface area contributed by atoms with Crippen LogP contribution in [0.4, 0.5) is 17.2 Å². The number of nitro groups is 1. The lowest BCUT2D eigenvalue weighted by molar-refractivity contribution is -0.385. The minimum absolute atomic E-state index is 0.0131. The first-order valence-electron chi connectivity index (χ1n) is 6.17. The van der Waals surface area contributed by atoms with Crippen LogP contribution in [0.1, 0.15) is 10.4 Å². The first-order chi connectivity index (χ1) is 9.99. The molecule has 0 atom stereocenters. The Morgan fingerprint density at radius 2 is 1.95 bits per heavy atom. The van der Waals surface area contributed by atoms with Gasteiger partial charge in [0.15, 0.2) is 0 Å². The van der Waals surface area contributed by atoms with Gasteiger partial charge in [-0.25, -0.2) is 4.98 Å². The molecule has 2 aromatic rings. The summed E-state index contributed by atoms with van der Waals surface area (Å²) < 4.78 is 0. The van der Waals surface area contributed by atoms with Crippen LogP contribution in [-0.4, -0.2) is 29.9 Å². The number of nitrogens with zero attached hydrogens (tertiary/aromatic N) is 3. The van der Waals surface area contributed by atoms with E-state index in [0.717, 1.165) is 5.82 Å². The summed E-state index contributed by atoms with van der Waals surface area (Å²) in [5.41, 5.74) is 0.260. The second-order valence-corrected chi connectivity index (χ2v) is 4.53. The maximum Gasteiger partial charge on any atom is 0.282 e. The van der Waals surface area contributed by atoms with Crippen molar-refractivity contribution in [1.82, 2.24) is 4.98 Å². The third-order valence-electron chi connectivity index (χ3n) is 2.81. The summed E-state index contributed by atoms with van der Waals surface area (Å²) in [6, 6.07) is 9.24. The van der Waals surface area contributed by atoms with Gasteiger partial charge in [0, 0.05) is 20.2 Å². The number of anilines is 2. The molecule has 2 rings (SSSR count). The van der Waals surface area contributed by atoms with Crippen LogP contribution >= 0.6 is 0 Å². The van der Waals surface area contributed by atoms with E-state index in [0.29, 0.717) is 5.69 Å². The average molecular weight is 286 g/mol. The molecule has 0 unspecified atom stereocenters. The van der Waals surface area contributed by atoms with Crippen molar-refractivity contribution in [3.05, 3.63) is 58.3 Å². The van der Waals surface area contributed by atoms with E-state index < -0.39 is 10.8 Å². The zero-order valence-electron chi connectivity index (χ0n) is 11.6. The summed E-state index contributed by atoms with van der Waals surface area (Å²) in [6.07, 6.45) is 1.50. The molecule has 0 aliphatic rings. The van der Waals surface area contributed by atoms with Crippen molar-refractivity contribution >= 4 is 23.1 Å². The zero-order valence-corrected chi connectivity index (χ0v) is 11.6. The van der Waals surface area contributed by atoms with E-state index >= 15 is 0 Å². The molecular formula is C14H14N4O3. The van der Waals surface area contributed by atoms with Gasteiger partial charge in [-0.05, 0) is 18.2 Å². The van der Waals surface area contributed by atoms with Gasteiger partial charge < -0.3 is 10.2 Å². The van der Waals surface area contributed by atoms with Crippen molar-refractivity contribution < 1.29 is 9.72 Å². The molecule has 0 saturated heterocycles. The van der Waals surface area contributed by atoms with E-state index in [1.165, 1.54) is 24.4 Å². The van der Waals surface area contributed by atoms with Crippen molar-refractivity contribution in [3.63, 3.8) is 0 Å². The van der Waals surface area contributed by atoms with Crippen LogP contribution in [0.2, 0.25) is 0 Å². The van der Waals surface area contributed by atoms with E-state index in [1.807, 2.05) is 19.0 Å². The van der Waals surface area contributed by atoms with Crippen LogP contribution in [0.3, 0.4) is 0 Å². The Bertz CT molecular complexity index is 668. The lowest BCUT2D eigenvalue weighted by atomic mass is 10.1. The number of nitrogens with one attached hydrogen (secondary N) is 1. The summed E-state index contributed by atoms with van der Waals surface area (Å²) in [5.74, 6) is 0.209. The SMILES string of the molecule is CN(C)c1ccc(NC(=O)c2ccccc2[N+](=O)[O-])cn1. The number of benzene rings is 1. The molecule has 7 nitrogen and oxygen atoms in total. The molecule has 1 heterocycles. The molecule has 21 heavy (non-hydrogen) atoms. The molecule has 0 saturated carbocycles. The van der Waals surface area contributed by atoms with Crippen LogP contribution in [0.15, 0.2) is 42.6 Å². The molecule has 108 valence electrons. The van der Waals surface area contributed by atoms with E-state index in [2.05, 4.69) is 10.3 Å². The molecule has 7 heteroatoms. The molecule has 0 fully saturated rings. The topological polar surface area (TPSA) is 88.4 Å². The van der Waals surface area contributed by atoms with Crippen LogP contribution in [0.25, 0.3) is 0 Å². The van der Waals surface area contributed by atoms with Gasteiger partial charge in [0.05, 0.1) is 16.8 Å². The number of amides is 1. The van der Waals surface area contributed by atoms with Gasteiger partial charge in [-0.2, -0.15) is 0 Å². The first kappa shape index (κ1) is 14.4. The van der Waals surface area contributed by atoms with Gasteiger partial charge in [-0.15, -0.1) is 0 Å². The molecule has 0 bridgehead atoms. The second-order valence-electron chi connectivity index (χ2n) is 4.53. The van der Waals surface area contributed by atoms with Crippen molar-refractivity contribution in [2.75, 3.05) is 24.3 Å². The third-order valence-corrected chi connectivity index (χ3v) is 2.81. The molecule has 1 aromatic carbocycles. The largest absolute Gasteiger partial charge is 0.363 e. The molecule has 0 radical (unpaired) electrons. The smallest absolute Gasteiger partial charge is 0.282 e. The number of nitro benzene ring substituents is 1. The first-order valence-corrected chi connectivity index (χ1v) is 6.17. The zero-order chi connectivity index (χ0) is 15.4. The average Bonchev–Trinajstić information content (AvgIpc) is 2.47. The van der Waals surface area contributed by atoms with Gasteiger partial charge in [-0.1, -0.05) is 12.1 Å². The number of aromatic nitrogens is 1. The molecule has 1 aromatic heterocycles. The molecular weight excluding hydrogens is 272 g/mol. The Kier molecular flexibility index (Phi) is 4.13. The van der Waals surface area contributed by atoms with Gasteiger partial charge in [0.25, 0.3) is 11.6 Å². The molecule has 0 spiro atoms. The van der Waals surface area contributed by atoms with Gasteiger partial charge >= 0.3 is 0 Å². The van der Waals surface area contributed by atoms with Crippen LogP contribution in [-0.2, 0) is 0 Å². The van der Waals surface area contributed by atoms with Crippen molar-refractivity contribution in [1.29, 1.82) is 0 Å². The lowest BCUT2D eigenvalue weighted by Crippen LogP contribution is -2.15. The maximum absolute atomic E-state index is 12.1. The van der Waals surface area contributed by atoms with Gasteiger partial charge in [-0.3, -0.25) is 14.9 Å². The number of hydrogen-bond acceptors (Lipinski definition) is 5. The Hall–Kier alpha value is -2.96.